The molecule has 4 nitrogen and oxygen atoms in total. The minimum atomic E-state index is -4.88. The van der Waals surface area contributed by atoms with Crippen LogP contribution in [0, 0.1) is 6.08 Å². The van der Waals surface area contributed by atoms with Gasteiger partial charge in [-0.05, 0) is 10.4 Å². The number of hydrogen-bond acceptors (Lipinski definition) is 3. The van der Waals surface area contributed by atoms with E-state index in [1.807, 2.05) is 0 Å². The maximum Gasteiger partial charge on any atom is 0.509 e. The molecule has 0 N–H and O–H groups in total. The van der Waals surface area contributed by atoms with Crippen LogP contribution in [0.25, 0.3) is 0 Å². The summed E-state index contributed by atoms with van der Waals surface area (Å²) in [5, 5.41) is 7.20. The summed E-state index contributed by atoms with van der Waals surface area (Å²) in [6.45, 7) is 0. The lowest BCUT2D eigenvalue weighted by atomic mass is 11.0. The van der Waals surface area contributed by atoms with Crippen molar-refractivity contribution in [3.8, 4) is 0 Å². The molecule has 0 saturated heterocycles. The molecule has 0 atom stereocenters. The van der Waals surface area contributed by atoms with Crippen molar-refractivity contribution in [2.24, 2.45) is 0 Å². The van der Waals surface area contributed by atoms with E-state index in [0.717, 1.165) is 0 Å². The predicted octanol–water partition coefficient (Wildman–Crippen LogP) is 0.288. The van der Waals surface area contributed by atoms with Gasteiger partial charge >= 0.3 is 12.4 Å². The maximum atomic E-state index is 11.9. The van der Waals surface area contributed by atoms with Gasteiger partial charge in [0.15, 0.2) is 0 Å². The van der Waals surface area contributed by atoms with E-state index >= 15 is 0 Å². The number of alkyl halides is 3. The first-order valence-electron chi connectivity index (χ1n) is 2.03. The van der Waals surface area contributed by atoms with Crippen LogP contribution in [-0.2, 0) is 6.30 Å². The molecule has 1 rings (SSSR count). The van der Waals surface area contributed by atoms with Crippen LogP contribution in [0.3, 0.4) is 0 Å². The minimum absolute atomic E-state index is 0.868. The molecule has 0 aliphatic carbocycles. The second-order valence-electron chi connectivity index (χ2n) is 1.33. The van der Waals surface area contributed by atoms with E-state index in [1.54, 1.807) is 0 Å². The van der Waals surface area contributed by atoms with Gasteiger partial charge in [0.25, 0.3) is 0 Å². The minimum Gasteiger partial charge on any atom is -0.160 e. The highest BCUT2D eigenvalue weighted by molar-refractivity contribution is 4.55. The third kappa shape index (κ3) is 1.04. The molecule has 10 heavy (non-hydrogen) atoms. The van der Waals surface area contributed by atoms with Gasteiger partial charge in [0.05, 0.1) is 0 Å². The molecular formula is C2F4N4. The fourth-order valence-electron chi connectivity index (χ4n) is 0.331. The van der Waals surface area contributed by atoms with Crippen LogP contribution in [0.1, 0.15) is 0 Å². The summed E-state index contributed by atoms with van der Waals surface area (Å²) in [6, 6.07) is 0. The molecule has 0 aliphatic rings. The highest BCUT2D eigenvalue weighted by atomic mass is 19.4. The summed E-state index contributed by atoms with van der Waals surface area (Å²) < 4.78 is 45.4. The molecule has 0 amide bonds. The molecule has 1 heterocycles. The molecule has 0 spiro atoms. The van der Waals surface area contributed by atoms with E-state index in [9.17, 15) is 17.6 Å². The third-order valence-electron chi connectivity index (χ3n) is 0.672. The Morgan fingerprint density at radius 1 is 1.30 bits per heavy atom. The molecule has 0 fully saturated rings. The lowest BCUT2D eigenvalue weighted by Crippen LogP contribution is -2.20. The van der Waals surface area contributed by atoms with E-state index in [1.165, 1.54) is 0 Å². The molecule has 0 aliphatic heterocycles. The van der Waals surface area contributed by atoms with Gasteiger partial charge in [0, 0.05) is 0 Å². The van der Waals surface area contributed by atoms with Crippen LogP contribution in [0.2, 0.25) is 0 Å². The van der Waals surface area contributed by atoms with Gasteiger partial charge in [-0.25, -0.2) is 0 Å². The van der Waals surface area contributed by atoms with Crippen LogP contribution in [0.15, 0.2) is 0 Å². The largest absolute Gasteiger partial charge is 0.509 e. The molecule has 0 aromatic carbocycles. The van der Waals surface area contributed by atoms with Crippen LogP contribution < -0.4 is 0 Å². The normalized spacial score (nSPS) is 12.0. The number of hydrogen-bond donors (Lipinski definition) is 0. The summed E-state index contributed by atoms with van der Waals surface area (Å²) in [5.41, 5.74) is 0. The SMILES string of the molecule is Fc1nnnn1C(F)(F)F. The first-order valence-corrected chi connectivity index (χ1v) is 2.03. The lowest BCUT2D eigenvalue weighted by Gasteiger charge is -2.01. The molecule has 1 aromatic rings. The Hall–Kier alpha value is -1.21. The van der Waals surface area contributed by atoms with Gasteiger partial charge in [-0.3, -0.25) is 0 Å². The zero-order valence-electron chi connectivity index (χ0n) is 4.30. The lowest BCUT2D eigenvalue weighted by molar-refractivity contribution is -0.219. The molecule has 0 radical (unpaired) electrons. The Morgan fingerprint density at radius 2 is 1.90 bits per heavy atom. The zero-order chi connectivity index (χ0) is 7.78. The fraction of sp³-hybridized carbons (Fsp3) is 0.500. The molecule has 1 aromatic heterocycles. The zero-order valence-corrected chi connectivity index (χ0v) is 4.30. The summed E-state index contributed by atoms with van der Waals surface area (Å²) in [5.74, 6) is 0. The van der Waals surface area contributed by atoms with Gasteiger partial charge in [-0.1, -0.05) is 5.10 Å². The van der Waals surface area contributed by atoms with Crippen molar-refractivity contribution >= 4 is 0 Å². The molecular weight excluding hydrogens is 156 g/mol. The summed E-state index contributed by atoms with van der Waals surface area (Å²) in [7, 11) is 0. The van der Waals surface area contributed by atoms with Crippen LogP contribution in [0.5, 0.6) is 0 Å². The van der Waals surface area contributed by atoms with Gasteiger partial charge in [0.1, 0.15) is 0 Å². The average Bonchev–Trinajstić information content (AvgIpc) is 2.11. The second kappa shape index (κ2) is 1.89. The number of rotatable bonds is 0. The number of tetrazole rings is 1. The highest BCUT2D eigenvalue weighted by Crippen LogP contribution is 2.20. The van der Waals surface area contributed by atoms with Gasteiger partial charge in [-0.15, -0.1) is 17.9 Å². The summed E-state index contributed by atoms with van der Waals surface area (Å²) in [6.07, 6.45) is -6.65. The third-order valence-corrected chi connectivity index (χ3v) is 0.672. The Balaban J connectivity index is 3.05. The van der Waals surface area contributed by atoms with Crippen molar-refractivity contribution < 1.29 is 17.6 Å². The van der Waals surface area contributed by atoms with Crippen LogP contribution in [0.4, 0.5) is 17.6 Å². The smallest absolute Gasteiger partial charge is 0.160 e. The van der Waals surface area contributed by atoms with Gasteiger partial charge in [-0.2, -0.15) is 4.39 Å². The van der Waals surface area contributed by atoms with Crippen molar-refractivity contribution in [3.63, 3.8) is 0 Å². The van der Waals surface area contributed by atoms with Crippen molar-refractivity contribution in [1.29, 1.82) is 0 Å². The van der Waals surface area contributed by atoms with Gasteiger partial charge < -0.3 is 0 Å². The predicted molar refractivity (Wildman–Crippen MR) is 19.1 cm³/mol. The number of halogens is 4. The van der Waals surface area contributed by atoms with Gasteiger partial charge in [0.2, 0.25) is 0 Å². The van der Waals surface area contributed by atoms with Crippen molar-refractivity contribution in [2.45, 2.75) is 6.30 Å². The molecule has 0 unspecified atom stereocenters. The van der Waals surface area contributed by atoms with E-state index in [2.05, 4.69) is 15.5 Å². The Morgan fingerprint density at radius 3 is 2.10 bits per heavy atom. The Labute approximate surface area is 51.4 Å². The standard InChI is InChI=1S/C2F4N4/c3-1-7-8-9-10(1)2(4,5)6. The Kier molecular flexibility index (Phi) is 1.30. The highest BCUT2D eigenvalue weighted by Gasteiger charge is 2.35. The first-order chi connectivity index (χ1) is 4.52. The maximum absolute atomic E-state index is 11.9. The van der Waals surface area contributed by atoms with Crippen LogP contribution >= 0.6 is 0 Å². The van der Waals surface area contributed by atoms with Crippen molar-refractivity contribution in [1.82, 2.24) is 20.2 Å². The molecule has 56 valence electrons. The van der Waals surface area contributed by atoms with E-state index in [0.29, 0.717) is 0 Å². The molecule has 0 saturated carbocycles. The quantitative estimate of drug-likeness (QED) is 0.507. The summed E-state index contributed by atoms with van der Waals surface area (Å²) in [4.78, 5) is 0. The van der Waals surface area contributed by atoms with E-state index in [4.69, 9.17) is 0 Å². The topological polar surface area (TPSA) is 43.6 Å². The summed E-state index contributed by atoms with van der Waals surface area (Å²) >= 11 is 0. The molecule has 0 bridgehead atoms. The Bertz CT molecular complexity index is 225. The second-order valence-corrected chi connectivity index (χ2v) is 1.33. The van der Waals surface area contributed by atoms with Crippen molar-refractivity contribution in [2.75, 3.05) is 0 Å². The number of aromatic nitrogens is 4. The van der Waals surface area contributed by atoms with E-state index in [-0.39, 0.29) is 0 Å². The first kappa shape index (κ1) is 6.90. The number of nitrogens with zero attached hydrogens (tertiary/aromatic N) is 4. The molecule has 8 heteroatoms. The van der Waals surface area contributed by atoms with Crippen molar-refractivity contribution in [3.05, 3.63) is 6.08 Å². The average molecular weight is 156 g/mol. The monoisotopic (exact) mass is 156 g/mol. The van der Waals surface area contributed by atoms with E-state index < -0.39 is 17.1 Å². The van der Waals surface area contributed by atoms with Crippen LogP contribution in [-0.4, -0.2) is 20.2 Å². The fourth-order valence-corrected chi connectivity index (χ4v) is 0.331.